The van der Waals surface area contributed by atoms with E-state index in [4.69, 9.17) is 0 Å². The second kappa shape index (κ2) is 4.86. The van der Waals surface area contributed by atoms with E-state index in [1.54, 1.807) is 0 Å². The van der Waals surface area contributed by atoms with Crippen molar-refractivity contribution < 1.29 is 0 Å². The lowest BCUT2D eigenvalue weighted by Gasteiger charge is -2.39. The normalized spacial score (nSPS) is 40.3. The van der Waals surface area contributed by atoms with E-state index in [1.807, 2.05) is 11.8 Å². The topological polar surface area (TPSA) is 15.3 Å². The van der Waals surface area contributed by atoms with Gasteiger partial charge in [-0.15, -0.1) is 0 Å². The zero-order valence-corrected chi connectivity index (χ0v) is 10.1. The molecule has 2 saturated heterocycles. The van der Waals surface area contributed by atoms with Crippen molar-refractivity contribution >= 4 is 11.8 Å². The van der Waals surface area contributed by atoms with Crippen LogP contribution in [0.1, 0.15) is 26.2 Å². The zero-order valence-electron chi connectivity index (χ0n) is 9.33. The Morgan fingerprint density at radius 3 is 2.86 bits per heavy atom. The van der Waals surface area contributed by atoms with Gasteiger partial charge in [0.15, 0.2) is 0 Å². The molecule has 3 atom stereocenters. The van der Waals surface area contributed by atoms with E-state index < -0.39 is 0 Å². The van der Waals surface area contributed by atoms with Crippen molar-refractivity contribution in [2.75, 3.05) is 25.9 Å². The summed E-state index contributed by atoms with van der Waals surface area (Å²) in [5.41, 5.74) is 0. The highest BCUT2D eigenvalue weighted by atomic mass is 32.2. The maximum absolute atomic E-state index is 3.53. The minimum atomic E-state index is 0.792. The van der Waals surface area contributed by atoms with Crippen molar-refractivity contribution in [3.8, 4) is 0 Å². The number of thioether (sulfide) groups is 1. The highest BCUT2D eigenvalue weighted by Gasteiger charge is 2.34. The predicted octanol–water partition coefficient (Wildman–Crippen LogP) is 1.56. The van der Waals surface area contributed by atoms with Gasteiger partial charge in [-0.05, 0) is 32.6 Å². The monoisotopic (exact) mass is 214 g/mol. The van der Waals surface area contributed by atoms with Crippen LogP contribution < -0.4 is 5.32 Å². The number of hydrogen-bond acceptors (Lipinski definition) is 3. The first-order valence-corrected chi connectivity index (χ1v) is 7.11. The molecule has 2 aliphatic heterocycles. The molecule has 2 heterocycles. The zero-order chi connectivity index (χ0) is 9.97. The maximum Gasteiger partial charge on any atom is 0.0354 e. The van der Waals surface area contributed by atoms with E-state index in [9.17, 15) is 0 Å². The quantitative estimate of drug-likeness (QED) is 0.751. The third kappa shape index (κ3) is 2.10. The highest BCUT2D eigenvalue weighted by molar-refractivity contribution is 7.99. The van der Waals surface area contributed by atoms with Crippen LogP contribution in [-0.4, -0.2) is 48.1 Å². The summed E-state index contributed by atoms with van der Waals surface area (Å²) in [7, 11) is 0. The van der Waals surface area contributed by atoms with Crippen LogP contribution in [0, 0.1) is 0 Å². The Bertz CT molecular complexity index is 186. The SMILES string of the molecule is CSC1CNCC1N1CCCCC1C. The standard InChI is InChI=1S/C11H22N2S/c1-9-5-3-4-6-13(9)10-7-12-8-11(10)14-2/h9-12H,3-8H2,1-2H3. The van der Waals surface area contributed by atoms with Gasteiger partial charge in [0.25, 0.3) is 0 Å². The molecule has 2 nitrogen and oxygen atoms in total. The molecule has 14 heavy (non-hydrogen) atoms. The molecule has 0 bridgehead atoms. The summed E-state index contributed by atoms with van der Waals surface area (Å²) >= 11 is 2.03. The highest BCUT2D eigenvalue weighted by Crippen LogP contribution is 2.26. The Balaban J connectivity index is 1.97. The summed E-state index contributed by atoms with van der Waals surface area (Å²) in [5, 5.41) is 4.34. The van der Waals surface area contributed by atoms with Gasteiger partial charge in [-0.2, -0.15) is 11.8 Å². The van der Waals surface area contributed by atoms with Crippen molar-refractivity contribution in [3.05, 3.63) is 0 Å². The molecular weight excluding hydrogens is 192 g/mol. The summed E-state index contributed by atoms with van der Waals surface area (Å²) in [6.45, 7) is 6.13. The summed E-state index contributed by atoms with van der Waals surface area (Å²) in [4.78, 5) is 2.74. The molecule has 0 spiro atoms. The van der Waals surface area contributed by atoms with Gasteiger partial charge in [0, 0.05) is 30.4 Å². The molecule has 2 aliphatic rings. The minimum absolute atomic E-state index is 0.792. The molecular formula is C11H22N2S. The first-order chi connectivity index (χ1) is 6.83. The maximum atomic E-state index is 3.53. The predicted molar refractivity (Wildman–Crippen MR) is 64.0 cm³/mol. The van der Waals surface area contributed by atoms with Gasteiger partial charge in [-0.25, -0.2) is 0 Å². The molecule has 0 aromatic carbocycles. The first kappa shape index (κ1) is 10.8. The number of piperidine rings is 1. The first-order valence-electron chi connectivity index (χ1n) is 5.82. The van der Waals surface area contributed by atoms with E-state index >= 15 is 0 Å². The fraction of sp³-hybridized carbons (Fsp3) is 1.00. The Kier molecular flexibility index (Phi) is 3.74. The lowest BCUT2D eigenvalue weighted by Crippen LogP contribution is -2.49. The van der Waals surface area contributed by atoms with E-state index in [0.717, 1.165) is 17.3 Å². The van der Waals surface area contributed by atoms with E-state index in [0.29, 0.717) is 0 Å². The molecule has 0 aromatic rings. The number of nitrogens with zero attached hydrogens (tertiary/aromatic N) is 1. The summed E-state index contributed by atoms with van der Waals surface area (Å²) in [5.74, 6) is 0. The van der Waals surface area contributed by atoms with Gasteiger partial charge in [0.05, 0.1) is 0 Å². The molecule has 2 fully saturated rings. The number of likely N-dealkylation sites (tertiary alicyclic amines) is 1. The second-order valence-electron chi connectivity index (χ2n) is 4.58. The molecule has 0 amide bonds. The minimum Gasteiger partial charge on any atom is -0.314 e. The Morgan fingerprint density at radius 1 is 1.29 bits per heavy atom. The van der Waals surface area contributed by atoms with Gasteiger partial charge in [0.1, 0.15) is 0 Å². The van der Waals surface area contributed by atoms with Gasteiger partial charge in [0.2, 0.25) is 0 Å². The third-order valence-corrected chi connectivity index (χ3v) is 4.80. The Labute approximate surface area is 91.8 Å². The van der Waals surface area contributed by atoms with E-state index in [-0.39, 0.29) is 0 Å². The van der Waals surface area contributed by atoms with Crippen LogP contribution in [-0.2, 0) is 0 Å². The third-order valence-electron chi connectivity index (χ3n) is 3.71. The molecule has 82 valence electrons. The largest absolute Gasteiger partial charge is 0.314 e. The average molecular weight is 214 g/mol. The molecule has 3 heteroatoms. The summed E-state index contributed by atoms with van der Waals surface area (Å²) in [6.07, 6.45) is 6.49. The number of nitrogens with one attached hydrogen (secondary N) is 1. The molecule has 0 radical (unpaired) electrons. The Morgan fingerprint density at radius 2 is 2.14 bits per heavy atom. The van der Waals surface area contributed by atoms with E-state index in [2.05, 4.69) is 23.4 Å². The molecule has 0 aliphatic carbocycles. The lowest BCUT2D eigenvalue weighted by atomic mass is 10.0. The van der Waals surface area contributed by atoms with Crippen molar-refractivity contribution in [1.82, 2.24) is 10.2 Å². The van der Waals surface area contributed by atoms with Crippen molar-refractivity contribution in [3.63, 3.8) is 0 Å². The molecule has 3 unspecified atom stereocenters. The summed E-state index contributed by atoms with van der Waals surface area (Å²) < 4.78 is 0. The van der Waals surface area contributed by atoms with Crippen LogP contribution in [0.15, 0.2) is 0 Å². The van der Waals surface area contributed by atoms with Crippen LogP contribution in [0.25, 0.3) is 0 Å². The van der Waals surface area contributed by atoms with Crippen molar-refractivity contribution in [1.29, 1.82) is 0 Å². The fourth-order valence-corrected chi connectivity index (χ4v) is 3.68. The van der Waals surface area contributed by atoms with Crippen LogP contribution >= 0.6 is 11.8 Å². The smallest absolute Gasteiger partial charge is 0.0354 e. The van der Waals surface area contributed by atoms with Crippen LogP contribution in [0.3, 0.4) is 0 Å². The fourth-order valence-electron chi connectivity index (χ4n) is 2.83. The van der Waals surface area contributed by atoms with Crippen LogP contribution in [0.2, 0.25) is 0 Å². The molecule has 1 N–H and O–H groups in total. The molecule has 0 aromatic heterocycles. The number of hydrogen-bond donors (Lipinski definition) is 1. The van der Waals surface area contributed by atoms with Gasteiger partial charge in [-0.3, -0.25) is 4.90 Å². The van der Waals surface area contributed by atoms with Gasteiger partial charge < -0.3 is 5.32 Å². The second-order valence-corrected chi connectivity index (χ2v) is 5.66. The Hall–Kier alpha value is 0.270. The molecule has 2 rings (SSSR count). The van der Waals surface area contributed by atoms with E-state index in [1.165, 1.54) is 38.9 Å². The van der Waals surface area contributed by atoms with Crippen LogP contribution in [0.5, 0.6) is 0 Å². The lowest BCUT2D eigenvalue weighted by molar-refractivity contribution is 0.117. The van der Waals surface area contributed by atoms with Crippen molar-refractivity contribution in [2.45, 2.75) is 43.5 Å². The average Bonchev–Trinajstić information content (AvgIpc) is 2.66. The van der Waals surface area contributed by atoms with Crippen molar-refractivity contribution in [2.24, 2.45) is 0 Å². The van der Waals surface area contributed by atoms with Crippen LogP contribution in [0.4, 0.5) is 0 Å². The summed E-state index contributed by atoms with van der Waals surface area (Å²) in [6, 6.07) is 1.60. The number of rotatable bonds is 2. The van der Waals surface area contributed by atoms with Gasteiger partial charge in [-0.1, -0.05) is 6.42 Å². The molecule has 0 saturated carbocycles. The van der Waals surface area contributed by atoms with Gasteiger partial charge >= 0.3 is 0 Å².